The van der Waals surface area contributed by atoms with Crippen molar-refractivity contribution < 1.29 is 14.3 Å². The average Bonchev–Trinajstić information content (AvgIpc) is 2.27. The predicted octanol–water partition coefficient (Wildman–Crippen LogP) is 1.82. The fourth-order valence-electron chi connectivity index (χ4n) is 1.71. The highest BCUT2D eigenvalue weighted by atomic mass is 16.6. The van der Waals surface area contributed by atoms with Crippen LogP contribution in [-0.2, 0) is 9.47 Å². The molecule has 1 aromatic rings. The van der Waals surface area contributed by atoms with Gasteiger partial charge in [0.2, 0.25) is 0 Å². The first-order chi connectivity index (χ1) is 9.35. The summed E-state index contributed by atoms with van der Waals surface area (Å²) in [4.78, 5) is 16.2. The van der Waals surface area contributed by atoms with Gasteiger partial charge in [-0.25, -0.2) is 9.78 Å². The van der Waals surface area contributed by atoms with Crippen LogP contribution in [0.5, 0.6) is 0 Å². The van der Waals surface area contributed by atoms with Crippen LogP contribution in [0.2, 0.25) is 0 Å². The molecule has 110 valence electrons. The first-order valence-electron chi connectivity index (χ1n) is 6.70. The third-order valence-electron chi connectivity index (χ3n) is 2.83. The van der Waals surface area contributed by atoms with Gasteiger partial charge in [-0.15, -0.1) is 0 Å². The largest absolute Gasteiger partial charge is 0.455 e. The van der Waals surface area contributed by atoms with Crippen LogP contribution in [0.4, 0.5) is 11.5 Å². The van der Waals surface area contributed by atoms with E-state index >= 15 is 0 Å². The Kier molecular flexibility index (Phi) is 4.13. The highest BCUT2D eigenvalue weighted by Crippen LogP contribution is 2.19. The van der Waals surface area contributed by atoms with Gasteiger partial charge >= 0.3 is 5.97 Å². The number of pyridine rings is 1. The molecule has 6 heteroatoms. The summed E-state index contributed by atoms with van der Waals surface area (Å²) in [7, 11) is 0. The van der Waals surface area contributed by atoms with Crippen LogP contribution in [-0.4, -0.2) is 35.8 Å². The van der Waals surface area contributed by atoms with E-state index in [1.807, 2.05) is 20.8 Å². The SMILES string of the molecule is CC(C)(C)OC(=O)c1ccc(N)c(NC[C@@H]2CCO2)n1. The summed E-state index contributed by atoms with van der Waals surface area (Å²) in [6.45, 7) is 6.88. The molecular formula is C14H21N3O3. The summed E-state index contributed by atoms with van der Waals surface area (Å²) in [6.07, 6.45) is 1.22. The zero-order chi connectivity index (χ0) is 14.8. The molecule has 0 spiro atoms. The minimum atomic E-state index is -0.548. The van der Waals surface area contributed by atoms with E-state index in [0.717, 1.165) is 13.0 Å². The van der Waals surface area contributed by atoms with E-state index in [1.165, 1.54) is 0 Å². The Hall–Kier alpha value is -1.82. The summed E-state index contributed by atoms with van der Waals surface area (Å²) < 4.78 is 10.6. The standard InChI is InChI=1S/C14H21N3O3/c1-14(2,3)20-13(18)11-5-4-10(15)12(17-11)16-8-9-6-7-19-9/h4-5,9H,6-8,15H2,1-3H3,(H,16,17)/t9-/m0/s1. The Morgan fingerprint density at radius 1 is 1.55 bits per heavy atom. The summed E-state index contributed by atoms with van der Waals surface area (Å²) >= 11 is 0. The van der Waals surface area contributed by atoms with Crippen LogP contribution in [0.1, 0.15) is 37.7 Å². The topological polar surface area (TPSA) is 86.5 Å². The Morgan fingerprint density at radius 2 is 2.25 bits per heavy atom. The molecule has 1 fully saturated rings. The van der Waals surface area contributed by atoms with E-state index in [1.54, 1.807) is 12.1 Å². The first kappa shape index (κ1) is 14.6. The number of hydrogen-bond acceptors (Lipinski definition) is 6. The Bertz CT molecular complexity index is 493. The third-order valence-corrected chi connectivity index (χ3v) is 2.83. The van der Waals surface area contributed by atoms with Gasteiger partial charge in [0.05, 0.1) is 11.8 Å². The predicted molar refractivity (Wildman–Crippen MR) is 76.7 cm³/mol. The van der Waals surface area contributed by atoms with Gasteiger partial charge in [0, 0.05) is 13.2 Å². The van der Waals surface area contributed by atoms with Crippen molar-refractivity contribution in [1.29, 1.82) is 0 Å². The smallest absolute Gasteiger partial charge is 0.357 e. The fraction of sp³-hybridized carbons (Fsp3) is 0.571. The van der Waals surface area contributed by atoms with Crippen molar-refractivity contribution in [3.8, 4) is 0 Å². The maximum atomic E-state index is 12.0. The van der Waals surface area contributed by atoms with Crippen LogP contribution < -0.4 is 11.1 Å². The maximum absolute atomic E-state index is 12.0. The van der Waals surface area contributed by atoms with Crippen LogP contribution in [0, 0.1) is 0 Å². The normalized spacial score (nSPS) is 18.2. The molecule has 1 aliphatic rings. The number of nitrogen functional groups attached to an aromatic ring is 1. The van der Waals surface area contributed by atoms with Crippen molar-refractivity contribution in [2.24, 2.45) is 0 Å². The molecule has 2 rings (SSSR count). The van der Waals surface area contributed by atoms with E-state index in [9.17, 15) is 4.79 Å². The second-order valence-electron chi connectivity index (χ2n) is 5.80. The van der Waals surface area contributed by atoms with E-state index in [2.05, 4.69) is 10.3 Å². The van der Waals surface area contributed by atoms with Crippen molar-refractivity contribution in [3.05, 3.63) is 17.8 Å². The third kappa shape index (κ3) is 3.84. The fourth-order valence-corrected chi connectivity index (χ4v) is 1.71. The molecule has 0 aromatic carbocycles. The number of aromatic nitrogens is 1. The number of carbonyl (C=O) groups is 1. The molecule has 2 heterocycles. The molecule has 6 nitrogen and oxygen atoms in total. The van der Waals surface area contributed by atoms with Crippen LogP contribution in [0.3, 0.4) is 0 Å². The van der Waals surface area contributed by atoms with E-state index < -0.39 is 11.6 Å². The van der Waals surface area contributed by atoms with Crippen molar-refractivity contribution >= 4 is 17.5 Å². The van der Waals surface area contributed by atoms with Crippen molar-refractivity contribution in [3.63, 3.8) is 0 Å². The van der Waals surface area contributed by atoms with E-state index in [-0.39, 0.29) is 11.8 Å². The van der Waals surface area contributed by atoms with Crippen molar-refractivity contribution in [2.45, 2.75) is 38.9 Å². The number of rotatable bonds is 4. The Balaban J connectivity index is 2.04. The van der Waals surface area contributed by atoms with E-state index in [4.69, 9.17) is 15.2 Å². The molecule has 1 saturated heterocycles. The average molecular weight is 279 g/mol. The zero-order valence-corrected chi connectivity index (χ0v) is 12.1. The number of nitrogens with two attached hydrogens (primary N) is 1. The lowest BCUT2D eigenvalue weighted by Gasteiger charge is -2.27. The van der Waals surface area contributed by atoms with Gasteiger partial charge in [0.15, 0.2) is 5.69 Å². The Labute approximate surface area is 118 Å². The highest BCUT2D eigenvalue weighted by Gasteiger charge is 2.21. The first-order valence-corrected chi connectivity index (χ1v) is 6.70. The van der Waals surface area contributed by atoms with E-state index in [0.29, 0.717) is 18.1 Å². The van der Waals surface area contributed by atoms with Gasteiger partial charge in [0.25, 0.3) is 0 Å². The van der Waals surface area contributed by atoms with Crippen LogP contribution in [0.15, 0.2) is 12.1 Å². The van der Waals surface area contributed by atoms with Crippen LogP contribution in [0.25, 0.3) is 0 Å². The minimum absolute atomic E-state index is 0.196. The monoisotopic (exact) mass is 279 g/mol. The molecule has 0 unspecified atom stereocenters. The molecule has 0 radical (unpaired) electrons. The van der Waals surface area contributed by atoms with Gasteiger partial charge in [-0.2, -0.15) is 0 Å². The number of esters is 1. The van der Waals surface area contributed by atoms with Crippen LogP contribution >= 0.6 is 0 Å². The lowest BCUT2D eigenvalue weighted by atomic mass is 10.2. The second kappa shape index (κ2) is 5.66. The molecule has 0 aliphatic carbocycles. The number of ether oxygens (including phenoxy) is 2. The second-order valence-corrected chi connectivity index (χ2v) is 5.80. The quantitative estimate of drug-likeness (QED) is 0.818. The lowest BCUT2D eigenvalue weighted by Crippen LogP contribution is -2.34. The number of anilines is 2. The summed E-state index contributed by atoms with van der Waals surface area (Å²) in [5, 5.41) is 3.10. The number of hydrogen-bond donors (Lipinski definition) is 2. The molecule has 0 bridgehead atoms. The van der Waals surface area contributed by atoms with Crippen molar-refractivity contribution in [2.75, 3.05) is 24.2 Å². The summed E-state index contributed by atoms with van der Waals surface area (Å²) in [6, 6.07) is 3.21. The lowest BCUT2D eigenvalue weighted by molar-refractivity contribution is -0.0410. The van der Waals surface area contributed by atoms with Gasteiger partial charge < -0.3 is 20.5 Å². The summed E-state index contributed by atoms with van der Waals surface area (Å²) in [5.41, 5.74) is 6.04. The minimum Gasteiger partial charge on any atom is -0.455 e. The molecule has 1 atom stereocenters. The van der Waals surface area contributed by atoms with Gasteiger partial charge in [0.1, 0.15) is 11.4 Å². The molecular weight excluding hydrogens is 258 g/mol. The van der Waals surface area contributed by atoms with Gasteiger partial charge in [-0.3, -0.25) is 0 Å². The van der Waals surface area contributed by atoms with Crippen molar-refractivity contribution in [1.82, 2.24) is 4.98 Å². The zero-order valence-electron chi connectivity index (χ0n) is 12.1. The highest BCUT2D eigenvalue weighted by molar-refractivity contribution is 5.88. The molecule has 0 saturated carbocycles. The van der Waals surface area contributed by atoms with Gasteiger partial charge in [-0.05, 0) is 39.3 Å². The number of nitrogens with zero attached hydrogens (tertiary/aromatic N) is 1. The molecule has 3 N–H and O–H groups in total. The Morgan fingerprint density at radius 3 is 2.80 bits per heavy atom. The molecule has 1 aliphatic heterocycles. The maximum Gasteiger partial charge on any atom is 0.357 e. The summed E-state index contributed by atoms with van der Waals surface area (Å²) in [5.74, 6) is 0.0318. The number of carbonyl (C=O) groups excluding carboxylic acids is 1. The van der Waals surface area contributed by atoms with Gasteiger partial charge in [-0.1, -0.05) is 0 Å². The molecule has 1 aromatic heterocycles. The molecule has 0 amide bonds. The number of nitrogens with one attached hydrogen (secondary N) is 1. The molecule has 20 heavy (non-hydrogen) atoms.